The van der Waals surface area contributed by atoms with E-state index in [4.69, 9.17) is 0 Å². The Morgan fingerprint density at radius 1 is 1.04 bits per heavy atom. The fraction of sp³-hybridized carbons (Fsp3) is 0.600. The highest BCUT2D eigenvalue weighted by Crippen LogP contribution is 2.21. The van der Waals surface area contributed by atoms with E-state index >= 15 is 0 Å². The summed E-state index contributed by atoms with van der Waals surface area (Å²) in [5, 5.41) is 0. The monoisotopic (exact) mass is 360 g/mol. The lowest BCUT2D eigenvalue weighted by atomic mass is 9.96. The number of rotatable bonds is 5. The molecule has 0 spiro atoms. The van der Waals surface area contributed by atoms with Gasteiger partial charge in [0.25, 0.3) is 0 Å². The third kappa shape index (κ3) is 5.21. The Bertz CT molecular complexity index is 630. The first-order valence-corrected chi connectivity index (χ1v) is 9.22. The molecule has 1 atom stereocenters. The molecule has 0 saturated carbocycles. The molecule has 1 heterocycles. The van der Waals surface area contributed by atoms with Crippen LogP contribution in [0.4, 0.5) is 4.79 Å². The van der Waals surface area contributed by atoms with Gasteiger partial charge in [0.2, 0.25) is 5.91 Å². The SMILES string of the molecule is CN(C)Cc1ccccc1CN(C)C(=O)C1CCCN(C(=O)N(C)C)C1. The van der Waals surface area contributed by atoms with Crippen molar-refractivity contribution in [2.75, 3.05) is 48.3 Å². The highest BCUT2D eigenvalue weighted by Gasteiger charge is 2.30. The standard InChI is InChI=1S/C20H32N4O2/c1-21(2)13-16-9-6-7-10-17(16)14-23(5)19(25)18-11-8-12-24(15-18)20(26)22(3)4/h6-7,9-10,18H,8,11-15H2,1-5H3. The van der Waals surface area contributed by atoms with E-state index in [-0.39, 0.29) is 17.9 Å². The van der Waals surface area contributed by atoms with E-state index in [0.717, 1.165) is 25.9 Å². The second-order valence-electron chi connectivity index (χ2n) is 7.66. The first-order valence-electron chi connectivity index (χ1n) is 9.22. The molecule has 0 N–H and O–H groups in total. The average molecular weight is 361 g/mol. The zero-order valence-electron chi connectivity index (χ0n) is 16.7. The van der Waals surface area contributed by atoms with Crippen LogP contribution >= 0.6 is 0 Å². The van der Waals surface area contributed by atoms with Crippen molar-refractivity contribution in [3.05, 3.63) is 35.4 Å². The van der Waals surface area contributed by atoms with Gasteiger partial charge in [-0.05, 0) is 38.1 Å². The molecule has 144 valence electrons. The molecule has 0 radical (unpaired) electrons. The van der Waals surface area contributed by atoms with Crippen molar-refractivity contribution in [1.82, 2.24) is 19.6 Å². The summed E-state index contributed by atoms with van der Waals surface area (Å²) >= 11 is 0. The number of carbonyl (C=O) groups excluding carboxylic acids is 2. The first-order chi connectivity index (χ1) is 12.3. The quantitative estimate of drug-likeness (QED) is 0.808. The van der Waals surface area contributed by atoms with Crippen molar-refractivity contribution in [3.63, 3.8) is 0 Å². The third-order valence-electron chi connectivity index (χ3n) is 4.81. The van der Waals surface area contributed by atoms with Gasteiger partial charge in [-0.1, -0.05) is 24.3 Å². The lowest BCUT2D eigenvalue weighted by Crippen LogP contribution is -2.48. The molecule has 1 aliphatic rings. The van der Waals surface area contributed by atoms with Crippen molar-refractivity contribution in [2.45, 2.75) is 25.9 Å². The fourth-order valence-electron chi connectivity index (χ4n) is 3.49. The molecule has 1 aliphatic heterocycles. The number of likely N-dealkylation sites (tertiary alicyclic amines) is 1. The van der Waals surface area contributed by atoms with E-state index in [1.807, 2.05) is 38.2 Å². The summed E-state index contributed by atoms with van der Waals surface area (Å²) in [6, 6.07) is 8.25. The predicted molar refractivity (Wildman–Crippen MR) is 104 cm³/mol. The summed E-state index contributed by atoms with van der Waals surface area (Å²) in [6.07, 6.45) is 1.72. The van der Waals surface area contributed by atoms with E-state index in [1.165, 1.54) is 11.1 Å². The summed E-state index contributed by atoms with van der Waals surface area (Å²) in [6.45, 7) is 2.70. The summed E-state index contributed by atoms with van der Waals surface area (Å²) in [5.41, 5.74) is 2.42. The van der Waals surface area contributed by atoms with E-state index < -0.39 is 0 Å². The van der Waals surface area contributed by atoms with Gasteiger partial charge in [0.05, 0.1) is 5.92 Å². The van der Waals surface area contributed by atoms with E-state index in [2.05, 4.69) is 17.0 Å². The minimum Gasteiger partial charge on any atom is -0.341 e. The number of piperidine rings is 1. The van der Waals surface area contributed by atoms with Crippen molar-refractivity contribution in [2.24, 2.45) is 5.92 Å². The van der Waals surface area contributed by atoms with Crippen LogP contribution in [0.3, 0.4) is 0 Å². The number of hydrogen-bond donors (Lipinski definition) is 0. The Labute approximate surface area is 157 Å². The number of amides is 3. The Balaban J connectivity index is 2.02. The molecular weight excluding hydrogens is 328 g/mol. The second-order valence-corrected chi connectivity index (χ2v) is 7.66. The summed E-state index contributed by atoms with van der Waals surface area (Å²) in [4.78, 5) is 32.4. The van der Waals surface area contributed by atoms with Crippen LogP contribution in [0.1, 0.15) is 24.0 Å². The zero-order valence-corrected chi connectivity index (χ0v) is 16.7. The van der Waals surface area contributed by atoms with Gasteiger partial charge in [0, 0.05) is 47.3 Å². The maximum atomic E-state index is 12.9. The van der Waals surface area contributed by atoms with Crippen molar-refractivity contribution in [1.29, 1.82) is 0 Å². The van der Waals surface area contributed by atoms with Crippen LogP contribution in [-0.4, -0.2) is 79.9 Å². The molecule has 6 heteroatoms. The molecule has 2 rings (SSSR count). The Kier molecular flexibility index (Phi) is 7.03. The highest BCUT2D eigenvalue weighted by atomic mass is 16.2. The minimum atomic E-state index is -0.112. The molecule has 0 bridgehead atoms. The van der Waals surface area contributed by atoms with Crippen LogP contribution < -0.4 is 0 Å². The van der Waals surface area contributed by atoms with Crippen LogP contribution in [0, 0.1) is 5.92 Å². The third-order valence-corrected chi connectivity index (χ3v) is 4.81. The first kappa shape index (κ1) is 20.2. The lowest BCUT2D eigenvalue weighted by molar-refractivity contribution is -0.136. The molecule has 1 aromatic rings. The minimum absolute atomic E-state index is 0.0125. The largest absolute Gasteiger partial charge is 0.341 e. The number of carbonyl (C=O) groups is 2. The number of nitrogens with zero attached hydrogens (tertiary/aromatic N) is 4. The van der Waals surface area contributed by atoms with Crippen molar-refractivity contribution in [3.8, 4) is 0 Å². The molecular formula is C20H32N4O2. The molecule has 6 nitrogen and oxygen atoms in total. The van der Waals surface area contributed by atoms with Gasteiger partial charge in [-0.25, -0.2) is 4.79 Å². The summed E-state index contributed by atoms with van der Waals surface area (Å²) in [7, 11) is 9.46. The highest BCUT2D eigenvalue weighted by molar-refractivity contribution is 5.80. The smallest absolute Gasteiger partial charge is 0.319 e. The summed E-state index contributed by atoms with van der Waals surface area (Å²) in [5.74, 6) is 0.0135. The van der Waals surface area contributed by atoms with Crippen LogP contribution in [0.5, 0.6) is 0 Å². The second kappa shape index (κ2) is 9.03. The fourth-order valence-corrected chi connectivity index (χ4v) is 3.49. The number of urea groups is 1. The molecule has 1 unspecified atom stereocenters. The maximum Gasteiger partial charge on any atom is 0.319 e. The molecule has 0 aromatic heterocycles. The Morgan fingerprint density at radius 3 is 2.23 bits per heavy atom. The van der Waals surface area contributed by atoms with E-state index in [9.17, 15) is 9.59 Å². The van der Waals surface area contributed by atoms with Gasteiger partial charge in [-0.15, -0.1) is 0 Å². The molecule has 1 saturated heterocycles. The van der Waals surface area contributed by atoms with Crippen molar-refractivity contribution >= 4 is 11.9 Å². The summed E-state index contributed by atoms with van der Waals surface area (Å²) < 4.78 is 0. The van der Waals surface area contributed by atoms with Gasteiger partial charge in [0.1, 0.15) is 0 Å². The molecule has 1 fully saturated rings. The maximum absolute atomic E-state index is 12.9. The normalized spacial score (nSPS) is 17.3. The number of benzene rings is 1. The van der Waals surface area contributed by atoms with Gasteiger partial charge in [-0.2, -0.15) is 0 Å². The van der Waals surface area contributed by atoms with Crippen LogP contribution in [0.2, 0.25) is 0 Å². The molecule has 26 heavy (non-hydrogen) atoms. The topological polar surface area (TPSA) is 47.1 Å². The van der Waals surface area contributed by atoms with Gasteiger partial charge in [0.15, 0.2) is 0 Å². The molecule has 0 aliphatic carbocycles. The van der Waals surface area contributed by atoms with Crippen molar-refractivity contribution < 1.29 is 9.59 Å². The van der Waals surface area contributed by atoms with Crippen LogP contribution in [0.25, 0.3) is 0 Å². The van der Waals surface area contributed by atoms with Crippen LogP contribution in [0.15, 0.2) is 24.3 Å². The Morgan fingerprint density at radius 2 is 1.65 bits per heavy atom. The van der Waals surface area contributed by atoms with E-state index in [1.54, 1.807) is 23.9 Å². The lowest BCUT2D eigenvalue weighted by Gasteiger charge is -2.35. The number of hydrogen-bond acceptors (Lipinski definition) is 3. The van der Waals surface area contributed by atoms with E-state index in [0.29, 0.717) is 13.1 Å². The van der Waals surface area contributed by atoms with Gasteiger partial charge >= 0.3 is 6.03 Å². The van der Waals surface area contributed by atoms with Gasteiger partial charge < -0.3 is 19.6 Å². The van der Waals surface area contributed by atoms with Gasteiger partial charge in [-0.3, -0.25) is 4.79 Å². The molecule has 3 amide bonds. The zero-order chi connectivity index (χ0) is 19.3. The predicted octanol–water partition coefficient (Wildman–Crippen LogP) is 2.10. The molecule has 1 aromatic carbocycles. The van der Waals surface area contributed by atoms with Crippen LogP contribution in [-0.2, 0) is 17.9 Å². The average Bonchev–Trinajstić information content (AvgIpc) is 2.61. The Hall–Kier alpha value is -2.08.